The third-order valence-corrected chi connectivity index (χ3v) is 17.3. The average Bonchev–Trinajstić information content (AvgIpc) is 3.78. The number of amides is 2. The Bertz CT molecular complexity index is 3470. The Kier molecular flexibility index (Phi) is 14.0. The molecule has 3 N–H and O–H groups in total. The van der Waals surface area contributed by atoms with Gasteiger partial charge in [0, 0.05) is 91.1 Å². The fourth-order valence-electron chi connectivity index (χ4n) is 9.70. The number of carbonyl (C=O) groups is 3. The maximum atomic E-state index is 14.1. The van der Waals surface area contributed by atoms with E-state index in [0.29, 0.717) is 45.4 Å². The van der Waals surface area contributed by atoms with Crippen molar-refractivity contribution in [3.8, 4) is 0 Å². The second-order valence-corrected chi connectivity index (χ2v) is 24.6. The Labute approximate surface area is 406 Å². The number of imide groups is 1. The Morgan fingerprint density at radius 3 is 2.06 bits per heavy atom. The van der Waals surface area contributed by atoms with Crippen LogP contribution in [-0.4, -0.2) is 117 Å². The summed E-state index contributed by atoms with van der Waals surface area (Å²) in [5.41, 5.74) is 2.52. The Morgan fingerprint density at radius 2 is 1.43 bits per heavy atom. The van der Waals surface area contributed by atoms with Gasteiger partial charge < -0.3 is 9.74 Å². The molecule has 1 fully saturated rings. The van der Waals surface area contributed by atoms with Crippen LogP contribution in [0.1, 0.15) is 77.8 Å². The highest BCUT2D eigenvalue weighted by Gasteiger charge is 2.46. The number of rotatable bonds is 17. The summed E-state index contributed by atoms with van der Waals surface area (Å²) in [4.78, 5) is 41.6. The first-order valence-electron chi connectivity index (χ1n) is 22.1. The van der Waals surface area contributed by atoms with Gasteiger partial charge in [0.25, 0.3) is 42.2 Å². The minimum absolute atomic E-state index is 0.00340. The number of hydrogen-bond donors (Lipinski definition) is 3. The van der Waals surface area contributed by atoms with Gasteiger partial charge in [-0.1, -0.05) is 50.3 Å². The fraction of sp³-hybridized carbons (Fsp3) is 0.362. The molecule has 374 valence electrons. The first-order chi connectivity index (χ1) is 32.5. The molecule has 4 aromatic rings. The molecule has 0 radical (unpaired) electrons. The van der Waals surface area contributed by atoms with Gasteiger partial charge in [-0.15, -0.1) is 5.06 Å². The molecule has 2 amide bonds. The van der Waals surface area contributed by atoms with E-state index in [2.05, 4.69) is 0 Å². The van der Waals surface area contributed by atoms with Gasteiger partial charge in [-0.2, -0.15) is 29.8 Å². The maximum Gasteiger partial charge on any atom is 0.333 e. The molecule has 3 aliphatic heterocycles. The van der Waals surface area contributed by atoms with Crippen LogP contribution < -0.4 is 4.90 Å². The molecule has 0 bridgehead atoms. The SMILES string of the molecule is CCN1/C(=C/C=C/C=C/C2=[N+](CCCS(=O)(=O)O)c3ccc4c(S(=O)(=O)N(C)CCCC(=O)ON5C(=O)CCC5=O)cccc4c3C2(C)C)C(C)(C)c2c1ccc1c(S(=O)(=O)O)cc(S(=O)(=O)O)cc21. The molecule has 1 saturated heterocycles. The summed E-state index contributed by atoms with van der Waals surface area (Å²) >= 11 is 0. The van der Waals surface area contributed by atoms with Gasteiger partial charge in [-0.25, -0.2) is 17.5 Å². The highest BCUT2D eigenvalue weighted by atomic mass is 32.2. The zero-order valence-corrected chi connectivity index (χ0v) is 42.4. The first kappa shape index (κ1) is 52.2. The molecule has 0 spiro atoms. The van der Waals surface area contributed by atoms with Crippen LogP contribution in [0.4, 0.5) is 11.4 Å². The van der Waals surface area contributed by atoms with E-state index in [9.17, 15) is 61.7 Å². The monoisotopic (exact) mass is 1040 g/mol. The van der Waals surface area contributed by atoms with Crippen molar-refractivity contribution in [2.75, 3.05) is 37.3 Å². The lowest BCUT2D eigenvalue weighted by atomic mass is 9.79. The molecule has 19 nitrogen and oxygen atoms in total. The molecular weight excluding hydrogens is 989 g/mol. The number of allylic oxidation sites excluding steroid dienone is 6. The standard InChI is InChI=1S/C47H52N4O15S4/c1-7-49-35-21-20-32-34(28-30(69(60,61)62)29-38(32)70(63,64)65)45(35)46(2,3)39(49)16-9-8-10-17-40-47(4,5)44-33-14-11-15-37(31(33)19-22-36(44)50(40)26-13-27-67(55,56)57)68(58,59)48(6)25-12-18-43(54)66-51-41(52)23-24-42(51)53/h8-11,14-17,19-22,28-29H,7,12-13,18,23-27H2,1-6H3,(H2-,55,56,57,60,61,62,63,64,65)/p+1. The highest BCUT2D eigenvalue weighted by Crippen LogP contribution is 2.52. The summed E-state index contributed by atoms with van der Waals surface area (Å²) in [5, 5.41) is 1.75. The Morgan fingerprint density at radius 1 is 0.771 bits per heavy atom. The number of fused-ring (bicyclic) bond motifs is 6. The summed E-state index contributed by atoms with van der Waals surface area (Å²) < 4.78 is 134. The number of sulfonamides is 1. The lowest BCUT2D eigenvalue weighted by Gasteiger charge is -2.26. The van der Waals surface area contributed by atoms with Gasteiger partial charge in [0.05, 0.1) is 21.0 Å². The minimum Gasteiger partial charge on any atom is -0.344 e. The van der Waals surface area contributed by atoms with Crippen LogP contribution in [0.3, 0.4) is 0 Å². The van der Waals surface area contributed by atoms with Crippen molar-refractivity contribution in [1.82, 2.24) is 9.37 Å². The lowest BCUT2D eigenvalue weighted by molar-refractivity contribution is -0.437. The third-order valence-electron chi connectivity index (χ3n) is 12.9. The van der Waals surface area contributed by atoms with Crippen molar-refractivity contribution in [3.05, 3.63) is 102 Å². The highest BCUT2D eigenvalue weighted by molar-refractivity contribution is 7.89. The summed E-state index contributed by atoms with van der Waals surface area (Å²) in [7, 11) is -16.9. The number of likely N-dealkylation sites (N-methyl/N-ethyl adjacent to an activating group) is 1. The van der Waals surface area contributed by atoms with Gasteiger partial charge in [-0.05, 0) is 79.9 Å². The smallest absolute Gasteiger partial charge is 0.333 e. The molecule has 0 atom stereocenters. The van der Waals surface area contributed by atoms with Crippen LogP contribution in [-0.2, 0) is 70.4 Å². The average molecular weight is 1040 g/mol. The summed E-state index contributed by atoms with van der Waals surface area (Å²) in [6, 6.07) is 13.4. The quantitative estimate of drug-likeness (QED) is 0.0476. The Hall–Kier alpha value is -5.66. The molecule has 7 rings (SSSR count). The van der Waals surface area contributed by atoms with Gasteiger partial charge in [0.2, 0.25) is 15.7 Å². The number of anilines is 1. The minimum atomic E-state index is -4.92. The van der Waals surface area contributed by atoms with Crippen molar-refractivity contribution >= 4 is 96.8 Å². The molecule has 4 aromatic carbocycles. The van der Waals surface area contributed by atoms with E-state index < -0.39 is 84.5 Å². The van der Waals surface area contributed by atoms with Crippen molar-refractivity contribution in [3.63, 3.8) is 0 Å². The van der Waals surface area contributed by atoms with Crippen molar-refractivity contribution in [2.45, 2.75) is 92.2 Å². The molecule has 70 heavy (non-hydrogen) atoms. The molecule has 3 heterocycles. The molecule has 3 aliphatic rings. The topological polar surface area (TPSA) is 270 Å². The summed E-state index contributed by atoms with van der Waals surface area (Å²) in [6.07, 6.45) is 8.78. The van der Waals surface area contributed by atoms with Gasteiger partial charge in [-0.3, -0.25) is 23.2 Å². The van der Waals surface area contributed by atoms with Gasteiger partial charge in [0.1, 0.15) is 11.4 Å². The second kappa shape index (κ2) is 18.8. The van der Waals surface area contributed by atoms with Crippen molar-refractivity contribution in [1.29, 1.82) is 0 Å². The summed E-state index contributed by atoms with van der Waals surface area (Å²) in [6.45, 7) is 10.1. The number of hydrogen-bond acceptors (Lipinski definition) is 13. The van der Waals surface area contributed by atoms with Crippen LogP contribution in [0.5, 0.6) is 0 Å². The zero-order chi connectivity index (χ0) is 51.5. The van der Waals surface area contributed by atoms with Crippen LogP contribution >= 0.6 is 0 Å². The van der Waals surface area contributed by atoms with E-state index in [-0.39, 0.29) is 60.9 Å². The van der Waals surface area contributed by atoms with Gasteiger partial charge in [0.15, 0.2) is 5.71 Å². The first-order valence-corrected chi connectivity index (χ1v) is 28.0. The van der Waals surface area contributed by atoms with E-state index in [0.717, 1.165) is 21.3 Å². The predicted octanol–water partition coefficient (Wildman–Crippen LogP) is 5.96. The number of nitrogens with zero attached hydrogens (tertiary/aromatic N) is 4. The Balaban J connectivity index is 1.20. The van der Waals surface area contributed by atoms with Crippen LogP contribution in [0.15, 0.2) is 105 Å². The van der Waals surface area contributed by atoms with Crippen LogP contribution in [0.25, 0.3) is 21.5 Å². The van der Waals surface area contributed by atoms with E-state index in [1.54, 1.807) is 48.6 Å². The molecule has 23 heteroatoms. The van der Waals surface area contributed by atoms with Crippen molar-refractivity contribution in [2.24, 2.45) is 0 Å². The lowest BCUT2D eigenvalue weighted by Crippen LogP contribution is -2.32. The summed E-state index contributed by atoms with van der Waals surface area (Å²) in [5.74, 6) is -2.61. The number of carbonyl (C=O) groups excluding carboxylic acids is 3. The third kappa shape index (κ3) is 9.85. The van der Waals surface area contributed by atoms with E-state index in [1.165, 1.54) is 25.2 Å². The molecule has 0 aliphatic carbocycles. The normalized spacial score (nSPS) is 17.9. The largest absolute Gasteiger partial charge is 0.344 e. The molecule has 0 saturated carbocycles. The number of hydroxylamine groups is 2. The van der Waals surface area contributed by atoms with Crippen LogP contribution in [0.2, 0.25) is 0 Å². The predicted molar refractivity (Wildman–Crippen MR) is 260 cm³/mol. The van der Waals surface area contributed by atoms with Crippen molar-refractivity contribution < 1.29 is 71.1 Å². The second-order valence-electron chi connectivity index (χ2n) is 18.2. The molecule has 0 unspecified atom stereocenters. The zero-order valence-electron chi connectivity index (χ0n) is 39.1. The molecular formula is C47H53N4O15S4+. The van der Waals surface area contributed by atoms with Crippen LogP contribution in [0, 0.1) is 0 Å². The maximum absolute atomic E-state index is 14.1. The number of benzene rings is 4. The fourth-order valence-corrected chi connectivity index (χ4v) is 12.9. The molecule has 0 aromatic heterocycles. The van der Waals surface area contributed by atoms with E-state index in [1.807, 2.05) is 56.2 Å². The van der Waals surface area contributed by atoms with E-state index in [4.69, 9.17) is 4.84 Å². The van der Waals surface area contributed by atoms with E-state index >= 15 is 0 Å². The van der Waals surface area contributed by atoms with Gasteiger partial charge >= 0.3 is 5.97 Å².